The number of carbonyl (C=O) groups is 1. The quantitative estimate of drug-likeness (QED) is 0.796. The number of amides is 1. The summed E-state index contributed by atoms with van der Waals surface area (Å²) in [5.74, 6) is 0.860. The smallest absolute Gasteiger partial charge is 0.229 e. The van der Waals surface area contributed by atoms with Gasteiger partial charge in [-0.1, -0.05) is 0 Å². The van der Waals surface area contributed by atoms with Gasteiger partial charge in [-0.3, -0.25) is 4.79 Å². The van der Waals surface area contributed by atoms with Gasteiger partial charge in [0, 0.05) is 26.7 Å². The molecule has 0 bridgehead atoms. The van der Waals surface area contributed by atoms with E-state index in [0.29, 0.717) is 11.8 Å². The molecule has 4 heteroatoms. The number of piperidine rings is 1. The molecular weight excluding hydrogens is 216 g/mol. The molecule has 2 saturated heterocycles. The lowest BCUT2D eigenvalue weighted by atomic mass is 9.86. The predicted octanol–water partition coefficient (Wildman–Crippen LogP) is 0.871. The van der Waals surface area contributed by atoms with Crippen molar-refractivity contribution in [3.63, 3.8) is 0 Å². The minimum absolute atomic E-state index is 0.172. The molecule has 0 aromatic heterocycles. The first-order valence-corrected chi connectivity index (χ1v) is 6.65. The van der Waals surface area contributed by atoms with E-state index in [1.807, 2.05) is 0 Å². The number of hydrogen-bond donors (Lipinski definition) is 1. The van der Waals surface area contributed by atoms with Crippen LogP contribution in [0, 0.1) is 11.3 Å². The summed E-state index contributed by atoms with van der Waals surface area (Å²) in [5.41, 5.74) is -0.172. The Bertz CT molecular complexity index is 273. The zero-order chi connectivity index (χ0) is 12.3. The standard InChI is InChI=1S/C13H24N2O2/c1-13(5-6-14-10-13)12(16)15-7-3-4-11(8-15)9-17-2/h11,14H,3-10H2,1-2H3. The van der Waals surface area contributed by atoms with Crippen LogP contribution in [0.25, 0.3) is 0 Å². The number of methoxy groups -OCH3 is 1. The third kappa shape index (κ3) is 2.80. The molecule has 4 nitrogen and oxygen atoms in total. The van der Waals surface area contributed by atoms with E-state index in [1.54, 1.807) is 7.11 Å². The zero-order valence-corrected chi connectivity index (χ0v) is 11.0. The molecule has 0 saturated carbocycles. The first-order chi connectivity index (χ1) is 8.15. The van der Waals surface area contributed by atoms with Crippen molar-refractivity contribution >= 4 is 5.91 Å². The first-order valence-electron chi connectivity index (χ1n) is 6.65. The first kappa shape index (κ1) is 12.8. The third-order valence-corrected chi connectivity index (χ3v) is 4.09. The number of nitrogens with zero attached hydrogens (tertiary/aromatic N) is 1. The highest BCUT2D eigenvalue weighted by atomic mass is 16.5. The van der Waals surface area contributed by atoms with E-state index in [9.17, 15) is 4.79 Å². The van der Waals surface area contributed by atoms with Crippen LogP contribution in [-0.2, 0) is 9.53 Å². The molecule has 0 spiro atoms. The van der Waals surface area contributed by atoms with Gasteiger partial charge < -0.3 is 15.0 Å². The predicted molar refractivity (Wildman–Crippen MR) is 66.8 cm³/mol. The highest BCUT2D eigenvalue weighted by molar-refractivity contribution is 5.83. The van der Waals surface area contributed by atoms with Crippen molar-refractivity contribution in [2.24, 2.45) is 11.3 Å². The summed E-state index contributed by atoms with van der Waals surface area (Å²) in [5, 5.41) is 3.30. The van der Waals surface area contributed by atoms with Gasteiger partial charge in [-0.2, -0.15) is 0 Å². The number of hydrogen-bond acceptors (Lipinski definition) is 3. The molecule has 2 fully saturated rings. The van der Waals surface area contributed by atoms with Crippen LogP contribution in [-0.4, -0.2) is 50.7 Å². The molecule has 0 aromatic carbocycles. The maximum atomic E-state index is 12.5. The monoisotopic (exact) mass is 240 g/mol. The fourth-order valence-corrected chi connectivity index (χ4v) is 3.00. The van der Waals surface area contributed by atoms with Crippen LogP contribution in [0.3, 0.4) is 0 Å². The largest absolute Gasteiger partial charge is 0.384 e. The molecule has 2 heterocycles. The van der Waals surface area contributed by atoms with Crippen LogP contribution >= 0.6 is 0 Å². The number of carbonyl (C=O) groups excluding carboxylic acids is 1. The van der Waals surface area contributed by atoms with Crippen molar-refractivity contribution in [2.75, 3.05) is 39.9 Å². The normalized spacial score (nSPS) is 34.0. The number of likely N-dealkylation sites (tertiary alicyclic amines) is 1. The van der Waals surface area contributed by atoms with Gasteiger partial charge in [0.25, 0.3) is 0 Å². The zero-order valence-electron chi connectivity index (χ0n) is 11.0. The van der Waals surface area contributed by atoms with Gasteiger partial charge in [0.05, 0.1) is 12.0 Å². The Morgan fingerprint density at radius 2 is 2.41 bits per heavy atom. The lowest BCUT2D eigenvalue weighted by molar-refractivity contribution is -0.142. The maximum absolute atomic E-state index is 12.5. The number of ether oxygens (including phenoxy) is 1. The average molecular weight is 240 g/mol. The van der Waals surface area contributed by atoms with Crippen molar-refractivity contribution in [1.29, 1.82) is 0 Å². The Hall–Kier alpha value is -0.610. The topological polar surface area (TPSA) is 41.6 Å². The summed E-state index contributed by atoms with van der Waals surface area (Å²) < 4.78 is 5.21. The summed E-state index contributed by atoms with van der Waals surface area (Å²) in [6, 6.07) is 0. The van der Waals surface area contributed by atoms with Crippen LogP contribution in [0.4, 0.5) is 0 Å². The molecule has 2 rings (SSSR count). The van der Waals surface area contributed by atoms with Gasteiger partial charge in [0.15, 0.2) is 0 Å². The number of nitrogens with one attached hydrogen (secondary N) is 1. The fraction of sp³-hybridized carbons (Fsp3) is 0.923. The van der Waals surface area contributed by atoms with Crippen molar-refractivity contribution in [2.45, 2.75) is 26.2 Å². The Balaban J connectivity index is 1.94. The second-order valence-electron chi connectivity index (χ2n) is 5.70. The Morgan fingerprint density at radius 1 is 1.59 bits per heavy atom. The molecule has 17 heavy (non-hydrogen) atoms. The van der Waals surface area contributed by atoms with E-state index in [-0.39, 0.29) is 5.41 Å². The molecular formula is C13H24N2O2. The van der Waals surface area contributed by atoms with Gasteiger partial charge in [-0.05, 0) is 38.6 Å². The molecule has 0 aliphatic carbocycles. The van der Waals surface area contributed by atoms with Crippen LogP contribution in [0.5, 0.6) is 0 Å². The highest BCUT2D eigenvalue weighted by Gasteiger charge is 2.40. The van der Waals surface area contributed by atoms with E-state index in [1.165, 1.54) is 6.42 Å². The second kappa shape index (κ2) is 5.36. The molecule has 98 valence electrons. The molecule has 0 aromatic rings. The highest BCUT2D eigenvalue weighted by Crippen LogP contribution is 2.29. The Labute approximate surface area is 104 Å². The van der Waals surface area contributed by atoms with E-state index >= 15 is 0 Å². The molecule has 2 unspecified atom stereocenters. The minimum Gasteiger partial charge on any atom is -0.384 e. The van der Waals surface area contributed by atoms with E-state index in [0.717, 1.165) is 45.6 Å². The van der Waals surface area contributed by atoms with Crippen molar-refractivity contribution < 1.29 is 9.53 Å². The Morgan fingerprint density at radius 3 is 3.06 bits per heavy atom. The summed E-state index contributed by atoms with van der Waals surface area (Å²) in [4.78, 5) is 14.6. The molecule has 2 aliphatic heterocycles. The summed E-state index contributed by atoms with van der Waals surface area (Å²) in [6.07, 6.45) is 3.27. The molecule has 1 N–H and O–H groups in total. The fourth-order valence-electron chi connectivity index (χ4n) is 3.00. The summed E-state index contributed by atoms with van der Waals surface area (Å²) in [7, 11) is 1.74. The van der Waals surface area contributed by atoms with E-state index in [2.05, 4.69) is 17.1 Å². The molecule has 1 amide bonds. The van der Waals surface area contributed by atoms with Crippen LogP contribution in [0.15, 0.2) is 0 Å². The average Bonchev–Trinajstić information content (AvgIpc) is 2.77. The molecule has 0 radical (unpaired) electrons. The number of rotatable bonds is 3. The SMILES string of the molecule is COCC1CCCN(C(=O)C2(C)CCNC2)C1. The van der Waals surface area contributed by atoms with Crippen molar-refractivity contribution in [1.82, 2.24) is 10.2 Å². The maximum Gasteiger partial charge on any atom is 0.229 e. The van der Waals surface area contributed by atoms with Crippen LogP contribution in [0.2, 0.25) is 0 Å². The van der Waals surface area contributed by atoms with Gasteiger partial charge in [-0.25, -0.2) is 0 Å². The second-order valence-corrected chi connectivity index (χ2v) is 5.70. The van der Waals surface area contributed by atoms with Gasteiger partial charge in [0.1, 0.15) is 0 Å². The summed E-state index contributed by atoms with van der Waals surface area (Å²) in [6.45, 7) is 6.47. The molecule has 2 atom stereocenters. The van der Waals surface area contributed by atoms with Crippen molar-refractivity contribution in [3.05, 3.63) is 0 Å². The molecule has 2 aliphatic rings. The van der Waals surface area contributed by atoms with Gasteiger partial charge in [0.2, 0.25) is 5.91 Å². The third-order valence-electron chi connectivity index (χ3n) is 4.09. The van der Waals surface area contributed by atoms with Gasteiger partial charge in [-0.15, -0.1) is 0 Å². The van der Waals surface area contributed by atoms with Gasteiger partial charge >= 0.3 is 0 Å². The Kier molecular flexibility index (Phi) is 4.05. The lowest BCUT2D eigenvalue weighted by Crippen LogP contribution is -2.48. The lowest BCUT2D eigenvalue weighted by Gasteiger charge is -2.37. The van der Waals surface area contributed by atoms with Crippen LogP contribution in [0.1, 0.15) is 26.2 Å². The van der Waals surface area contributed by atoms with E-state index < -0.39 is 0 Å². The van der Waals surface area contributed by atoms with E-state index in [4.69, 9.17) is 4.74 Å². The van der Waals surface area contributed by atoms with Crippen LogP contribution < -0.4 is 5.32 Å². The minimum atomic E-state index is -0.172. The summed E-state index contributed by atoms with van der Waals surface area (Å²) >= 11 is 0. The van der Waals surface area contributed by atoms with Crippen molar-refractivity contribution in [3.8, 4) is 0 Å².